The summed E-state index contributed by atoms with van der Waals surface area (Å²) in [7, 11) is -3.26. The monoisotopic (exact) mass is 291 g/mol. The van der Waals surface area contributed by atoms with Crippen molar-refractivity contribution in [3.63, 3.8) is 0 Å². The molecule has 0 saturated carbocycles. The third kappa shape index (κ3) is 2.31. The normalized spacial score (nSPS) is 15.2. The molecule has 6 heteroatoms. The Hall–Kier alpha value is -1.82. The molecule has 0 aliphatic carbocycles. The highest BCUT2D eigenvalue weighted by atomic mass is 32.2. The molecule has 2 aromatic rings. The zero-order chi connectivity index (χ0) is 14.3. The summed E-state index contributed by atoms with van der Waals surface area (Å²) < 4.78 is 26.9. The molecule has 5 nitrogen and oxygen atoms in total. The van der Waals surface area contributed by atoms with E-state index in [1.807, 2.05) is 42.0 Å². The highest BCUT2D eigenvalue weighted by molar-refractivity contribution is 7.92. The number of aryl methyl sites for hydroxylation is 2. The average Bonchev–Trinajstić information content (AvgIpc) is 2.81. The van der Waals surface area contributed by atoms with E-state index in [9.17, 15) is 8.42 Å². The van der Waals surface area contributed by atoms with Gasteiger partial charge in [0.15, 0.2) is 0 Å². The number of sulfonamides is 1. The number of benzene rings is 1. The molecule has 0 saturated heterocycles. The topological polar surface area (TPSA) is 55.2 Å². The van der Waals surface area contributed by atoms with Crippen molar-refractivity contribution in [3.8, 4) is 11.3 Å². The van der Waals surface area contributed by atoms with Crippen molar-refractivity contribution < 1.29 is 8.42 Å². The van der Waals surface area contributed by atoms with Crippen LogP contribution in [0.1, 0.15) is 12.0 Å². The highest BCUT2D eigenvalue weighted by Gasteiger charge is 2.26. The van der Waals surface area contributed by atoms with E-state index >= 15 is 0 Å². The molecular formula is C14H17N3O2S. The van der Waals surface area contributed by atoms with Crippen LogP contribution in [-0.4, -0.2) is 30.8 Å². The first-order valence-electron chi connectivity index (χ1n) is 6.57. The number of rotatable bonds is 2. The Labute approximate surface area is 118 Å². The van der Waals surface area contributed by atoms with Gasteiger partial charge in [0.05, 0.1) is 11.9 Å². The summed E-state index contributed by atoms with van der Waals surface area (Å²) in [5, 5.41) is 0. The molecule has 0 atom stereocenters. The van der Waals surface area contributed by atoms with Gasteiger partial charge in [-0.2, -0.15) is 0 Å². The lowest BCUT2D eigenvalue weighted by atomic mass is 10.1. The van der Waals surface area contributed by atoms with E-state index in [0.29, 0.717) is 12.5 Å². The van der Waals surface area contributed by atoms with Gasteiger partial charge in [0.25, 0.3) is 0 Å². The number of fused-ring (bicyclic) bond motifs is 1. The predicted molar refractivity (Wildman–Crippen MR) is 79.2 cm³/mol. The van der Waals surface area contributed by atoms with E-state index in [0.717, 1.165) is 24.2 Å². The van der Waals surface area contributed by atoms with Gasteiger partial charge in [0.2, 0.25) is 16.0 Å². The fourth-order valence-electron chi connectivity index (χ4n) is 2.43. The summed E-state index contributed by atoms with van der Waals surface area (Å²) in [6, 6.07) is 8.08. The second-order valence-corrected chi connectivity index (χ2v) is 7.08. The van der Waals surface area contributed by atoms with Crippen LogP contribution in [0.15, 0.2) is 30.5 Å². The second kappa shape index (κ2) is 4.63. The van der Waals surface area contributed by atoms with Crippen LogP contribution in [0.3, 0.4) is 0 Å². The number of imidazole rings is 1. The van der Waals surface area contributed by atoms with Crippen molar-refractivity contribution >= 4 is 16.0 Å². The Morgan fingerprint density at radius 2 is 1.85 bits per heavy atom. The van der Waals surface area contributed by atoms with Crippen molar-refractivity contribution in [2.75, 3.05) is 17.1 Å². The molecule has 1 aromatic carbocycles. The molecular weight excluding hydrogens is 274 g/mol. The Morgan fingerprint density at radius 3 is 2.50 bits per heavy atom. The van der Waals surface area contributed by atoms with Crippen molar-refractivity contribution in [2.45, 2.75) is 19.9 Å². The Morgan fingerprint density at radius 1 is 1.15 bits per heavy atom. The summed E-state index contributed by atoms with van der Waals surface area (Å²) >= 11 is 0. The molecule has 1 aliphatic heterocycles. The second-order valence-electron chi connectivity index (χ2n) is 5.17. The molecule has 0 fully saturated rings. The smallest absolute Gasteiger partial charge is 0.234 e. The van der Waals surface area contributed by atoms with Gasteiger partial charge in [0.1, 0.15) is 0 Å². The zero-order valence-corrected chi connectivity index (χ0v) is 12.4. The minimum Gasteiger partial charge on any atom is -0.316 e. The lowest BCUT2D eigenvalue weighted by Gasteiger charge is -2.26. The van der Waals surface area contributed by atoms with Crippen LogP contribution in [0, 0.1) is 6.92 Å². The number of aromatic nitrogens is 2. The van der Waals surface area contributed by atoms with Gasteiger partial charge < -0.3 is 4.57 Å². The van der Waals surface area contributed by atoms with Crippen molar-refractivity contribution in [1.82, 2.24) is 9.55 Å². The Kier molecular flexibility index (Phi) is 3.05. The largest absolute Gasteiger partial charge is 0.316 e. The molecule has 106 valence electrons. The fourth-order valence-corrected chi connectivity index (χ4v) is 3.34. The molecule has 1 aromatic heterocycles. The van der Waals surface area contributed by atoms with Crippen molar-refractivity contribution in [3.05, 3.63) is 36.0 Å². The van der Waals surface area contributed by atoms with Gasteiger partial charge in [-0.25, -0.2) is 17.7 Å². The summed E-state index contributed by atoms with van der Waals surface area (Å²) in [6.07, 6.45) is 3.96. The van der Waals surface area contributed by atoms with E-state index in [2.05, 4.69) is 4.98 Å². The van der Waals surface area contributed by atoms with Crippen LogP contribution in [-0.2, 0) is 16.6 Å². The first kappa shape index (κ1) is 13.2. The van der Waals surface area contributed by atoms with Crippen LogP contribution in [0.25, 0.3) is 11.3 Å². The maximum atomic E-state index is 11.8. The van der Waals surface area contributed by atoms with Gasteiger partial charge in [-0.3, -0.25) is 0 Å². The lowest BCUT2D eigenvalue weighted by molar-refractivity contribution is 0.564. The van der Waals surface area contributed by atoms with Crippen LogP contribution in [0.4, 0.5) is 5.95 Å². The predicted octanol–water partition coefficient (Wildman–Crippen LogP) is 2.03. The SMILES string of the molecule is Cc1ccc(-c2cn3c(n2)N(S(C)(=O)=O)CCC3)cc1. The van der Waals surface area contributed by atoms with E-state index < -0.39 is 10.0 Å². The van der Waals surface area contributed by atoms with Crippen LogP contribution < -0.4 is 4.31 Å². The van der Waals surface area contributed by atoms with Gasteiger partial charge in [-0.1, -0.05) is 29.8 Å². The lowest BCUT2D eigenvalue weighted by Crippen LogP contribution is -2.36. The first-order valence-corrected chi connectivity index (χ1v) is 8.42. The van der Waals surface area contributed by atoms with Crippen molar-refractivity contribution in [1.29, 1.82) is 0 Å². The summed E-state index contributed by atoms with van der Waals surface area (Å²) in [6.45, 7) is 3.34. The zero-order valence-electron chi connectivity index (χ0n) is 11.6. The average molecular weight is 291 g/mol. The number of hydrogen-bond donors (Lipinski definition) is 0. The van der Waals surface area contributed by atoms with Gasteiger partial charge >= 0.3 is 0 Å². The summed E-state index contributed by atoms with van der Waals surface area (Å²) in [5.41, 5.74) is 3.01. The minimum atomic E-state index is -3.26. The maximum absolute atomic E-state index is 11.8. The summed E-state index contributed by atoms with van der Waals surface area (Å²) in [4.78, 5) is 4.51. The molecule has 3 rings (SSSR count). The quantitative estimate of drug-likeness (QED) is 0.850. The van der Waals surface area contributed by atoms with Crippen LogP contribution >= 0.6 is 0 Å². The van der Waals surface area contributed by atoms with Gasteiger partial charge in [-0.05, 0) is 13.3 Å². The molecule has 0 N–H and O–H groups in total. The molecule has 0 spiro atoms. The molecule has 0 amide bonds. The highest BCUT2D eigenvalue weighted by Crippen LogP contribution is 2.27. The van der Waals surface area contributed by atoms with Crippen LogP contribution in [0.2, 0.25) is 0 Å². The van der Waals surface area contributed by atoms with E-state index in [4.69, 9.17) is 0 Å². The molecule has 1 aliphatic rings. The van der Waals surface area contributed by atoms with Gasteiger partial charge in [-0.15, -0.1) is 0 Å². The van der Waals surface area contributed by atoms with Crippen LogP contribution in [0.5, 0.6) is 0 Å². The molecule has 0 unspecified atom stereocenters. The van der Waals surface area contributed by atoms with E-state index in [1.54, 1.807) is 0 Å². The molecule has 0 radical (unpaired) electrons. The van der Waals surface area contributed by atoms with Crippen molar-refractivity contribution in [2.24, 2.45) is 0 Å². The number of nitrogens with zero attached hydrogens (tertiary/aromatic N) is 3. The Bertz CT molecular complexity index is 732. The fraction of sp³-hybridized carbons (Fsp3) is 0.357. The molecule has 20 heavy (non-hydrogen) atoms. The summed E-state index contributed by atoms with van der Waals surface area (Å²) in [5.74, 6) is 0.523. The third-order valence-electron chi connectivity index (χ3n) is 3.49. The number of hydrogen-bond acceptors (Lipinski definition) is 3. The molecule has 0 bridgehead atoms. The number of anilines is 1. The molecule has 2 heterocycles. The van der Waals surface area contributed by atoms with E-state index in [1.165, 1.54) is 16.1 Å². The minimum absolute atomic E-state index is 0.503. The first-order chi connectivity index (χ1) is 9.45. The maximum Gasteiger partial charge on any atom is 0.234 e. The van der Waals surface area contributed by atoms with E-state index in [-0.39, 0.29) is 0 Å². The third-order valence-corrected chi connectivity index (χ3v) is 4.63. The van der Waals surface area contributed by atoms with Gasteiger partial charge in [0, 0.05) is 24.8 Å². The standard InChI is InChI=1S/C14H17N3O2S/c1-11-4-6-12(7-5-11)13-10-16-8-3-9-17(14(16)15-13)20(2,18)19/h4-7,10H,3,8-9H2,1-2H3. The Balaban J connectivity index is 2.05.